The standard InChI is InChI=1S/C13H10ClNO3/c14-7-5-10(12(16)11(15)6-7)8-3-1-2-4-9(8)13(17)18/h1-6,16H,15H2,(H,17,18)/p-1. The SMILES string of the molecule is Nc1cc(Cl)cc(-c2ccccc2C(=O)O)c1[O-]. The summed E-state index contributed by atoms with van der Waals surface area (Å²) in [7, 11) is 0. The number of carboxylic acids is 1. The summed E-state index contributed by atoms with van der Waals surface area (Å²) in [5.41, 5.74) is 6.08. The zero-order valence-corrected chi connectivity index (χ0v) is 9.94. The maximum atomic E-state index is 11.9. The maximum absolute atomic E-state index is 11.9. The molecule has 0 bridgehead atoms. The molecule has 0 fully saturated rings. The molecule has 0 saturated heterocycles. The highest BCUT2D eigenvalue weighted by atomic mass is 35.5. The van der Waals surface area contributed by atoms with Gasteiger partial charge in [-0.1, -0.05) is 35.5 Å². The number of aromatic carboxylic acids is 1. The zero-order valence-electron chi connectivity index (χ0n) is 9.18. The van der Waals surface area contributed by atoms with Gasteiger partial charge in [-0.2, -0.15) is 0 Å². The Balaban J connectivity index is 2.73. The monoisotopic (exact) mass is 262 g/mol. The summed E-state index contributed by atoms with van der Waals surface area (Å²) in [5.74, 6) is -1.53. The second kappa shape index (κ2) is 4.58. The van der Waals surface area contributed by atoms with Crippen LogP contribution >= 0.6 is 11.6 Å². The van der Waals surface area contributed by atoms with Gasteiger partial charge in [0.1, 0.15) is 0 Å². The van der Waals surface area contributed by atoms with Gasteiger partial charge in [0.15, 0.2) is 0 Å². The minimum atomic E-state index is -1.11. The number of benzene rings is 2. The molecule has 2 aromatic carbocycles. The molecule has 3 N–H and O–H groups in total. The summed E-state index contributed by atoms with van der Waals surface area (Å²) < 4.78 is 0. The Kier molecular flexibility index (Phi) is 3.12. The van der Waals surface area contributed by atoms with Gasteiger partial charge >= 0.3 is 5.97 Å². The largest absolute Gasteiger partial charge is 0.871 e. The Bertz CT molecular complexity index is 626. The van der Waals surface area contributed by atoms with Crippen LogP contribution in [0, 0.1) is 0 Å². The van der Waals surface area contributed by atoms with Crippen LogP contribution in [0.2, 0.25) is 5.02 Å². The molecular formula is C13H9ClNO3-. The average Bonchev–Trinajstić information content (AvgIpc) is 2.33. The van der Waals surface area contributed by atoms with Gasteiger partial charge in [-0.3, -0.25) is 0 Å². The van der Waals surface area contributed by atoms with Gasteiger partial charge in [0.25, 0.3) is 0 Å². The van der Waals surface area contributed by atoms with Crippen molar-refractivity contribution in [1.82, 2.24) is 0 Å². The highest BCUT2D eigenvalue weighted by Gasteiger charge is 2.12. The predicted octanol–water partition coefficient (Wildman–Crippen LogP) is 2.36. The molecule has 0 aliphatic carbocycles. The maximum Gasteiger partial charge on any atom is 0.336 e. The van der Waals surface area contributed by atoms with Gasteiger partial charge < -0.3 is 15.9 Å². The van der Waals surface area contributed by atoms with Crippen molar-refractivity contribution < 1.29 is 15.0 Å². The summed E-state index contributed by atoms with van der Waals surface area (Å²) in [5, 5.41) is 21.3. The molecule has 0 atom stereocenters. The van der Waals surface area contributed by atoms with Crippen molar-refractivity contribution in [3.8, 4) is 16.9 Å². The second-order valence-corrected chi connectivity index (χ2v) is 4.16. The quantitative estimate of drug-likeness (QED) is 0.814. The predicted molar refractivity (Wildman–Crippen MR) is 67.7 cm³/mol. The molecule has 0 saturated carbocycles. The molecule has 0 spiro atoms. The third kappa shape index (κ3) is 2.10. The molecule has 0 heterocycles. The Morgan fingerprint density at radius 1 is 1.22 bits per heavy atom. The summed E-state index contributed by atoms with van der Waals surface area (Å²) in [6, 6.07) is 8.98. The number of carboxylic acid groups (broad SMARTS) is 1. The summed E-state index contributed by atoms with van der Waals surface area (Å²) in [4.78, 5) is 11.1. The van der Waals surface area contributed by atoms with E-state index in [4.69, 9.17) is 22.4 Å². The van der Waals surface area contributed by atoms with E-state index in [1.165, 1.54) is 18.2 Å². The van der Waals surface area contributed by atoms with E-state index < -0.39 is 11.7 Å². The fraction of sp³-hybridized carbons (Fsp3) is 0. The van der Waals surface area contributed by atoms with Crippen LogP contribution in [0.3, 0.4) is 0 Å². The van der Waals surface area contributed by atoms with Gasteiger partial charge in [-0.25, -0.2) is 4.79 Å². The summed E-state index contributed by atoms with van der Waals surface area (Å²) in [6.07, 6.45) is 0. The van der Waals surface area contributed by atoms with Crippen LogP contribution in [-0.2, 0) is 0 Å². The van der Waals surface area contributed by atoms with Crippen molar-refractivity contribution in [1.29, 1.82) is 0 Å². The molecule has 5 heteroatoms. The lowest BCUT2D eigenvalue weighted by molar-refractivity contribution is -0.266. The third-order valence-electron chi connectivity index (χ3n) is 2.53. The average molecular weight is 263 g/mol. The fourth-order valence-electron chi connectivity index (χ4n) is 1.72. The van der Waals surface area contributed by atoms with E-state index in [1.54, 1.807) is 18.2 Å². The normalized spacial score (nSPS) is 10.3. The molecule has 0 amide bonds. The number of nitrogen functional groups attached to an aromatic ring is 1. The van der Waals surface area contributed by atoms with Crippen LogP contribution in [0.4, 0.5) is 5.69 Å². The van der Waals surface area contributed by atoms with E-state index in [2.05, 4.69) is 0 Å². The van der Waals surface area contributed by atoms with E-state index in [0.29, 0.717) is 10.6 Å². The van der Waals surface area contributed by atoms with E-state index in [9.17, 15) is 9.90 Å². The Morgan fingerprint density at radius 3 is 2.56 bits per heavy atom. The Morgan fingerprint density at radius 2 is 1.89 bits per heavy atom. The smallest absolute Gasteiger partial charge is 0.336 e. The minimum Gasteiger partial charge on any atom is -0.871 e. The fourth-order valence-corrected chi connectivity index (χ4v) is 1.95. The van der Waals surface area contributed by atoms with Gasteiger partial charge in [0.2, 0.25) is 0 Å². The van der Waals surface area contributed by atoms with Crippen molar-refractivity contribution in [3.63, 3.8) is 0 Å². The molecule has 18 heavy (non-hydrogen) atoms. The number of nitrogens with two attached hydrogens (primary N) is 1. The summed E-state index contributed by atoms with van der Waals surface area (Å²) in [6.45, 7) is 0. The van der Waals surface area contributed by atoms with E-state index >= 15 is 0 Å². The first kappa shape index (κ1) is 12.3. The van der Waals surface area contributed by atoms with E-state index in [0.717, 1.165) is 0 Å². The second-order valence-electron chi connectivity index (χ2n) is 3.72. The molecule has 0 aliphatic heterocycles. The van der Waals surface area contributed by atoms with Crippen molar-refractivity contribution in [2.45, 2.75) is 0 Å². The van der Waals surface area contributed by atoms with Crippen molar-refractivity contribution in [3.05, 3.63) is 47.0 Å². The molecule has 0 radical (unpaired) electrons. The van der Waals surface area contributed by atoms with Crippen LogP contribution in [-0.4, -0.2) is 11.1 Å². The van der Waals surface area contributed by atoms with Gasteiger partial charge in [-0.05, 0) is 29.3 Å². The van der Waals surface area contributed by atoms with Crippen LogP contribution in [0.1, 0.15) is 10.4 Å². The Hall–Kier alpha value is -2.20. The highest BCUT2D eigenvalue weighted by Crippen LogP contribution is 2.36. The third-order valence-corrected chi connectivity index (χ3v) is 2.75. The van der Waals surface area contributed by atoms with Crippen molar-refractivity contribution in [2.75, 3.05) is 5.73 Å². The number of carbonyl (C=O) groups is 1. The lowest BCUT2D eigenvalue weighted by Crippen LogP contribution is -2.03. The molecule has 0 unspecified atom stereocenters. The minimum absolute atomic E-state index is 0.00214. The van der Waals surface area contributed by atoms with E-state index in [-0.39, 0.29) is 16.8 Å². The molecule has 92 valence electrons. The first-order valence-corrected chi connectivity index (χ1v) is 5.47. The topological polar surface area (TPSA) is 86.4 Å². The van der Waals surface area contributed by atoms with Gasteiger partial charge in [0.05, 0.1) is 5.56 Å². The Labute approximate surface area is 108 Å². The zero-order chi connectivity index (χ0) is 13.3. The van der Waals surface area contributed by atoms with Gasteiger partial charge in [0, 0.05) is 10.7 Å². The first-order chi connectivity index (χ1) is 8.50. The number of halogens is 1. The number of anilines is 1. The van der Waals surface area contributed by atoms with E-state index in [1.807, 2.05) is 0 Å². The van der Waals surface area contributed by atoms with Crippen molar-refractivity contribution >= 4 is 23.3 Å². The molecule has 2 aromatic rings. The number of rotatable bonds is 2. The van der Waals surface area contributed by atoms with Crippen LogP contribution in [0.15, 0.2) is 36.4 Å². The highest BCUT2D eigenvalue weighted by molar-refractivity contribution is 6.31. The lowest BCUT2D eigenvalue weighted by atomic mass is 9.98. The van der Waals surface area contributed by atoms with Crippen LogP contribution < -0.4 is 10.8 Å². The first-order valence-electron chi connectivity index (χ1n) is 5.09. The molecular weight excluding hydrogens is 254 g/mol. The molecule has 2 rings (SSSR count). The molecule has 0 aliphatic rings. The summed E-state index contributed by atoms with van der Waals surface area (Å²) >= 11 is 5.84. The number of hydrogen-bond acceptors (Lipinski definition) is 3. The van der Waals surface area contributed by atoms with Gasteiger partial charge in [-0.15, -0.1) is 0 Å². The number of hydrogen-bond donors (Lipinski definition) is 2. The van der Waals surface area contributed by atoms with Crippen LogP contribution in [0.5, 0.6) is 5.75 Å². The van der Waals surface area contributed by atoms with Crippen molar-refractivity contribution in [2.24, 2.45) is 0 Å². The van der Waals surface area contributed by atoms with Crippen LogP contribution in [0.25, 0.3) is 11.1 Å². The molecule has 4 nitrogen and oxygen atoms in total. The lowest BCUT2D eigenvalue weighted by Gasteiger charge is -2.18. The molecule has 0 aromatic heterocycles.